The average molecular weight is 343 g/mol. The van der Waals surface area contributed by atoms with E-state index in [-0.39, 0.29) is 11.4 Å². The number of nitrogens with zero attached hydrogens (tertiary/aromatic N) is 2. The molecule has 0 saturated carbocycles. The van der Waals surface area contributed by atoms with Crippen molar-refractivity contribution in [2.24, 2.45) is 0 Å². The smallest absolute Gasteiger partial charge is 0.224 e. The Balaban J connectivity index is 2.13. The van der Waals surface area contributed by atoms with Crippen LogP contribution in [0.2, 0.25) is 5.28 Å². The fraction of sp³-hybridized carbons (Fsp3) is 0.231. The Morgan fingerprint density at radius 1 is 1.26 bits per heavy atom. The maximum absolute atomic E-state index is 5.76. The van der Waals surface area contributed by atoms with Crippen LogP contribution < -0.4 is 10.1 Å². The maximum Gasteiger partial charge on any atom is 0.224 e. The molecule has 2 aromatic rings. The van der Waals surface area contributed by atoms with Crippen molar-refractivity contribution in [3.05, 3.63) is 40.2 Å². The van der Waals surface area contributed by atoms with Crippen LogP contribution in [0.25, 0.3) is 0 Å². The SMILES string of the molecule is CC(C)Oc1ccc(Nc2nc(Cl)ncc2Br)cc1. The lowest BCUT2D eigenvalue weighted by Gasteiger charge is -2.11. The summed E-state index contributed by atoms with van der Waals surface area (Å²) in [4.78, 5) is 7.98. The van der Waals surface area contributed by atoms with Crippen LogP contribution in [0.1, 0.15) is 13.8 Å². The van der Waals surface area contributed by atoms with Crippen molar-refractivity contribution in [1.82, 2.24) is 9.97 Å². The molecule has 6 heteroatoms. The minimum Gasteiger partial charge on any atom is -0.491 e. The highest BCUT2D eigenvalue weighted by molar-refractivity contribution is 9.10. The van der Waals surface area contributed by atoms with E-state index in [2.05, 4.69) is 31.2 Å². The van der Waals surface area contributed by atoms with Gasteiger partial charge in [-0.05, 0) is 65.6 Å². The molecule has 0 aliphatic heterocycles. The molecule has 1 aromatic heterocycles. The highest BCUT2D eigenvalue weighted by Crippen LogP contribution is 2.25. The Bertz CT molecular complexity index is 560. The van der Waals surface area contributed by atoms with Gasteiger partial charge >= 0.3 is 0 Å². The molecule has 0 saturated heterocycles. The van der Waals surface area contributed by atoms with Gasteiger partial charge in [0.1, 0.15) is 11.6 Å². The van der Waals surface area contributed by atoms with E-state index in [1.807, 2.05) is 38.1 Å². The quantitative estimate of drug-likeness (QED) is 0.835. The Hall–Kier alpha value is -1.33. The van der Waals surface area contributed by atoms with E-state index in [1.165, 1.54) is 0 Å². The van der Waals surface area contributed by atoms with Crippen molar-refractivity contribution in [2.75, 3.05) is 5.32 Å². The third-order valence-corrected chi connectivity index (χ3v) is 2.97. The van der Waals surface area contributed by atoms with Crippen LogP contribution in [-0.2, 0) is 0 Å². The monoisotopic (exact) mass is 341 g/mol. The lowest BCUT2D eigenvalue weighted by molar-refractivity contribution is 0.242. The van der Waals surface area contributed by atoms with Crippen LogP contribution in [0.15, 0.2) is 34.9 Å². The van der Waals surface area contributed by atoms with Crippen molar-refractivity contribution in [1.29, 1.82) is 0 Å². The van der Waals surface area contributed by atoms with Crippen LogP contribution in [0.5, 0.6) is 5.75 Å². The van der Waals surface area contributed by atoms with Gasteiger partial charge in [0.25, 0.3) is 0 Å². The van der Waals surface area contributed by atoms with Gasteiger partial charge in [0.05, 0.1) is 10.6 Å². The zero-order chi connectivity index (χ0) is 13.8. The van der Waals surface area contributed by atoms with E-state index >= 15 is 0 Å². The summed E-state index contributed by atoms with van der Waals surface area (Å²) in [5.74, 6) is 1.46. The van der Waals surface area contributed by atoms with Gasteiger partial charge in [0.2, 0.25) is 5.28 Å². The van der Waals surface area contributed by atoms with Crippen molar-refractivity contribution in [3.8, 4) is 5.75 Å². The normalized spacial score (nSPS) is 10.6. The van der Waals surface area contributed by atoms with E-state index < -0.39 is 0 Å². The summed E-state index contributed by atoms with van der Waals surface area (Å²) in [5, 5.41) is 3.36. The summed E-state index contributed by atoms with van der Waals surface area (Å²) >= 11 is 9.13. The number of hydrogen-bond donors (Lipinski definition) is 1. The summed E-state index contributed by atoms with van der Waals surface area (Å²) in [6.45, 7) is 3.98. The zero-order valence-electron chi connectivity index (χ0n) is 10.5. The second-order valence-electron chi connectivity index (χ2n) is 4.15. The fourth-order valence-corrected chi connectivity index (χ4v) is 1.88. The van der Waals surface area contributed by atoms with Gasteiger partial charge in [-0.25, -0.2) is 4.98 Å². The molecule has 1 heterocycles. The van der Waals surface area contributed by atoms with E-state index in [4.69, 9.17) is 16.3 Å². The first-order chi connectivity index (χ1) is 9.04. The van der Waals surface area contributed by atoms with Gasteiger partial charge in [-0.2, -0.15) is 4.98 Å². The minimum absolute atomic E-state index is 0.161. The second-order valence-corrected chi connectivity index (χ2v) is 5.34. The minimum atomic E-state index is 0.161. The van der Waals surface area contributed by atoms with Crippen molar-refractivity contribution < 1.29 is 4.74 Å². The highest BCUT2D eigenvalue weighted by Gasteiger charge is 2.04. The molecular weight excluding hydrogens is 330 g/mol. The number of anilines is 2. The summed E-state index contributed by atoms with van der Waals surface area (Å²) in [6, 6.07) is 7.64. The van der Waals surface area contributed by atoms with E-state index in [0.29, 0.717) is 5.82 Å². The third kappa shape index (κ3) is 4.08. The molecule has 19 heavy (non-hydrogen) atoms. The van der Waals surface area contributed by atoms with E-state index in [0.717, 1.165) is 15.9 Å². The van der Waals surface area contributed by atoms with Crippen LogP contribution in [0.4, 0.5) is 11.5 Å². The van der Waals surface area contributed by atoms with Gasteiger partial charge < -0.3 is 10.1 Å². The molecule has 0 atom stereocenters. The molecule has 0 aliphatic carbocycles. The number of nitrogens with one attached hydrogen (secondary N) is 1. The molecule has 100 valence electrons. The van der Waals surface area contributed by atoms with Gasteiger partial charge in [0, 0.05) is 11.9 Å². The van der Waals surface area contributed by atoms with Gasteiger partial charge in [-0.1, -0.05) is 0 Å². The van der Waals surface area contributed by atoms with Crippen LogP contribution in [-0.4, -0.2) is 16.1 Å². The Kier molecular flexibility index (Phi) is 4.61. The molecule has 0 radical (unpaired) electrons. The second kappa shape index (κ2) is 6.21. The summed E-state index contributed by atoms with van der Waals surface area (Å²) in [7, 11) is 0. The molecule has 4 nitrogen and oxygen atoms in total. The standard InChI is InChI=1S/C13H13BrClN3O/c1-8(2)19-10-5-3-9(4-6-10)17-12-11(14)7-16-13(15)18-12/h3-8H,1-2H3,(H,16,17,18). The molecule has 1 N–H and O–H groups in total. The Morgan fingerprint density at radius 3 is 2.58 bits per heavy atom. The van der Waals surface area contributed by atoms with Gasteiger partial charge in [-0.3, -0.25) is 0 Å². The average Bonchev–Trinajstić information content (AvgIpc) is 2.35. The fourth-order valence-electron chi connectivity index (χ4n) is 1.46. The number of rotatable bonds is 4. The van der Waals surface area contributed by atoms with Crippen LogP contribution in [0.3, 0.4) is 0 Å². The number of halogens is 2. The molecule has 2 rings (SSSR count). The van der Waals surface area contributed by atoms with Gasteiger partial charge in [0.15, 0.2) is 0 Å². The van der Waals surface area contributed by atoms with Crippen LogP contribution >= 0.6 is 27.5 Å². The molecule has 0 aliphatic rings. The zero-order valence-corrected chi connectivity index (χ0v) is 12.9. The van der Waals surface area contributed by atoms with Crippen molar-refractivity contribution in [2.45, 2.75) is 20.0 Å². The van der Waals surface area contributed by atoms with Gasteiger partial charge in [-0.15, -0.1) is 0 Å². The third-order valence-electron chi connectivity index (χ3n) is 2.20. The molecule has 0 bridgehead atoms. The Labute approximate surface area is 125 Å². The number of hydrogen-bond acceptors (Lipinski definition) is 4. The first-order valence-corrected chi connectivity index (χ1v) is 6.93. The molecule has 0 amide bonds. The molecule has 0 unspecified atom stereocenters. The van der Waals surface area contributed by atoms with E-state index in [1.54, 1.807) is 6.20 Å². The summed E-state index contributed by atoms with van der Waals surface area (Å²) in [6.07, 6.45) is 1.77. The van der Waals surface area contributed by atoms with Crippen molar-refractivity contribution in [3.63, 3.8) is 0 Å². The Morgan fingerprint density at radius 2 is 1.95 bits per heavy atom. The molecule has 1 aromatic carbocycles. The van der Waals surface area contributed by atoms with E-state index in [9.17, 15) is 0 Å². The lowest BCUT2D eigenvalue weighted by Crippen LogP contribution is -2.05. The van der Waals surface area contributed by atoms with Crippen LogP contribution in [0, 0.1) is 0 Å². The highest BCUT2D eigenvalue weighted by atomic mass is 79.9. The maximum atomic E-state index is 5.76. The molecule has 0 fully saturated rings. The topological polar surface area (TPSA) is 47.0 Å². The summed E-state index contributed by atoms with van der Waals surface area (Å²) in [5.41, 5.74) is 0.895. The molecule has 0 spiro atoms. The number of benzene rings is 1. The van der Waals surface area contributed by atoms with Crippen molar-refractivity contribution >= 4 is 39.0 Å². The summed E-state index contributed by atoms with van der Waals surface area (Å²) < 4.78 is 6.33. The number of ether oxygens (including phenoxy) is 1. The lowest BCUT2D eigenvalue weighted by atomic mass is 10.3. The predicted molar refractivity (Wildman–Crippen MR) is 80.2 cm³/mol. The first kappa shape index (κ1) is 14.1. The first-order valence-electron chi connectivity index (χ1n) is 5.76. The number of aromatic nitrogens is 2. The predicted octanol–water partition coefficient (Wildman–Crippen LogP) is 4.42. The molecular formula is C13H13BrClN3O. The largest absolute Gasteiger partial charge is 0.491 e.